The van der Waals surface area contributed by atoms with E-state index in [-0.39, 0.29) is 12.5 Å². The van der Waals surface area contributed by atoms with Crippen molar-refractivity contribution in [2.75, 3.05) is 18.4 Å². The first-order chi connectivity index (χ1) is 9.69. The van der Waals surface area contributed by atoms with Crippen LogP contribution in [0, 0.1) is 11.3 Å². The number of amides is 1. The van der Waals surface area contributed by atoms with Crippen LogP contribution in [0.4, 0.5) is 5.69 Å². The van der Waals surface area contributed by atoms with Crippen LogP contribution in [0.2, 0.25) is 0 Å². The number of nitriles is 1. The summed E-state index contributed by atoms with van der Waals surface area (Å²) in [5.41, 5.74) is 2.43. The van der Waals surface area contributed by atoms with Gasteiger partial charge in [-0.25, -0.2) is 0 Å². The Balaban J connectivity index is 2.22. The molecule has 0 aliphatic carbocycles. The molecule has 1 aliphatic rings. The topological polar surface area (TPSA) is 76.4 Å². The molecule has 1 aromatic carbocycles. The Labute approximate surface area is 118 Å². The van der Waals surface area contributed by atoms with Gasteiger partial charge < -0.3 is 15.3 Å². The van der Waals surface area contributed by atoms with Crippen LogP contribution in [0.1, 0.15) is 24.5 Å². The minimum atomic E-state index is -0.155. The van der Waals surface area contributed by atoms with Crippen LogP contribution in [0.3, 0.4) is 0 Å². The highest BCUT2D eigenvalue weighted by molar-refractivity contribution is 5.92. The Kier molecular flexibility index (Phi) is 4.38. The molecule has 0 saturated heterocycles. The molecule has 1 aromatic rings. The molecule has 0 aromatic heterocycles. The zero-order chi connectivity index (χ0) is 14.5. The summed E-state index contributed by atoms with van der Waals surface area (Å²) in [5, 5.41) is 21.6. The highest BCUT2D eigenvalue weighted by atomic mass is 16.3. The molecule has 5 nitrogen and oxygen atoms in total. The molecule has 5 heteroatoms. The van der Waals surface area contributed by atoms with Gasteiger partial charge in [0.15, 0.2) is 0 Å². The molecular weight excluding hydrogens is 254 g/mol. The average Bonchev–Trinajstić information content (AvgIpc) is 2.79. The molecule has 20 heavy (non-hydrogen) atoms. The number of nitrogens with zero attached hydrogens (tertiary/aromatic N) is 2. The first-order valence-corrected chi connectivity index (χ1v) is 6.59. The van der Waals surface area contributed by atoms with Crippen molar-refractivity contribution in [3.05, 3.63) is 41.1 Å². The fourth-order valence-electron chi connectivity index (χ4n) is 2.24. The average molecular weight is 271 g/mol. The minimum Gasteiger partial charge on any atom is -0.392 e. The molecule has 0 bridgehead atoms. The minimum absolute atomic E-state index is 0.0191. The van der Waals surface area contributed by atoms with Gasteiger partial charge in [-0.15, -0.1) is 0 Å². The van der Waals surface area contributed by atoms with Crippen molar-refractivity contribution in [1.82, 2.24) is 4.90 Å². The number of carbonyl (C=O) groups is 1. The number of aliphatic hydroxyl groups is 1. The van der Waals surface area contributed by atoms with Crippen molar-refractivity contribution in [3.63, 3.8) is 0 Å². The van der Waals surface area contributed by atoms with E-state index in [1.165, 1.54) is 0 Å². The van der Waals surface area contributed by atoms with E-state index in [0.717, 1.165) is 12.1 Å². The zero-order valence-corrected chi connectivity index (χ0v) is 11.4. The molecule has 0 fully saturated rings. The van der Waals surface area contributed by atoms with Gasteiger partial charge in [-0.3, -0.25) is 4.79 Å². The molecule has 0 unspecified atom stereocenters. The van der Waals surface area contributed by atoms with Crippen LogP contribution < -0.4 is 5.32 Å². The Bertz CT molecular complexity index is 587. The number of nitrogens with one attached hydrogen (secondary N) is 1. The number of aliphatic hydroxyl groups excluding tert-OH is 1. The molecule has 0 atom stereocenters. The summed E-state index contributed by atoms with van der Waals surface area (Å²) in [6.07, 6.45) is 2.45. The Morgan fingerprint density at radius 3 is 2.95 bits per heavy atom. The van der Waals surface area contributed by atoms with E-state index in [4.69, 9.17) is 5.26 Å². The summed E-state index contributed by atoms with van der Waals surface area (Å²) in [6, 6.07) is 7.26. The van der Waals surface area contributed by atoms with E-state index < -0.39 is 0 Å². The first-order valence-electron chi connectivity index (χ1n) is 6.59. The second-order valence-corrected chi connectivity index (χ2v) is 4.66. The summed E-state index contributed by atoms with van der Waals surface area (Å²) in [4.78, 5) is 13.5. The lowest BCUT2D eigenvalue weighted by atomic mass is 10.1. The van der Waals surface area contributed by atoms with Gasteiger partial charge in [-0.05, 0) is 12.5 Å². The molecule has 104 valence electrons. The van der Waals surface area contributed by atoms with Gasteiger partial charge in [0.05, 0.1) is 24.4 Å². The van der Waals surface area contributed by atoms with Crippen LogP contribution in [0.5, 0.6) is 0 Å². The van der Waals surface area contributed by atoms with Crippen molar-refractivity contribution in [1.29, 1.82) is 5.26 Å². The monoisotopic (exact) mass is 271 g/mol. The highest BCUT2D eigenvalue weighted by Gasteiger charge is 2.21. The number of rotatable bonds is 5. The van der Waals surface area contributed by atoms with Crippen molar-refractivity contribution < 1.29 is 9.90 Å². The Morgan fingerprint density at radius 2 is 2.30 bits per heavy atom. The number of hydrogen-bond donors (Lipinski definition) is 2. The van der Waals surface area contributed by atoms with E-state index in [9.17, 15) is 9.90 Å². The Morgan fingerprint density at radius 1 is 1.50 bits per heavy atom. The van der Waals surface area contributed by atoms with E-state index in [0.29, 0.717) is 29.9 Å². The van der Waals surface area contributed by atoms with Crippen LogP contribution >= 0.6 is 0 Å². The lowest BCUT2D eigenvalue weighted by Gasteiger charge is -2.17. The highest BCUT2D eigenvalue weighted by Crippen LogP contribution is 2.24. The maximum atomic E-state index is 11.8. The molecule has 0 radical (unpaired) electrons. The first kappa shape index (κ1) is 14.1. The standard InChI is InChI=1S/C15H17N3O2/c1-2-6-18-9-13(7-14(18)20)17-15-11(8-16)4-3-5-12(15)10-19/h3-5,7,17,19H,2,6,9-10H2,1H3. The normalized spacial score (nSPS) is 14.2. The maximum Gasteiger partial charge on any atom is 0.248 e. The predicted octanol–water partition coefficient (Wildman–Crippen LogP) is 1.60. The third-order valence-corrected chi connectivity index (χ3v) is 3.19. The van der Waals surface area contributed by atoms with Gasteiger partial charge in [-0.2, -0.15) is 5.26 Å². The predicted molar refractivity (Wildman–Crippen MR) is 75.7 cm³/mol. The van der Waals surface area contributed by atoms with Gasteiger partial charge in [0, 0.05) is 23.9 Å². The molecule has 2 rings (SSSR count). The Hall–Kier alpha value is -2.32. The molecule has 0 saturated carbocycles. The van der Waals surface area contributed by atoms with Crippen molar-refractivity contribution in [2.45, 2.75) is 20.0 Å². The van der Waals surface area contributed by atoms with Crippen LogP contribution in [0.15, 0.2) is 30.0 Å². The summed E-state index contributed by atoms with van der Waals surface area (Å²) in [7, 11) is 0. The van der Waals surface area contributed by atoms with Crippen molar-refractivity contribution in [2.24, 2.45) is 0 Å². The van der Waals surface area contributed by atoms with Crippen molar-refractivity contribution >= 4 is 11.6 Å². The second kappa shape index (κ2) is 6.22. The number of benzene rings is 1. The van der Waals surface area contributed by atoms with Crippen LogP contribution in [-0.4, -0.2) is 29.0 Å². The van der Waals surface area contributed by atoms with Gasteiger partial charge >= 0.3 is 0 Å². The number of anilines is 1. The maximum absolute atomic E-state index is 11.8. The molecule has 1 amide bonds. The zero-order valence-electron chi connectivity index (χ0n) is 11.4. The third-order valence-electron chi connectivity index (χ3n) is 3.19. The molecule has 0 spiro atoms. The van der Waals surface area contributed by atoms with E-state index in [1.54, 1.807) is 29.2 Å². The summed E-state index contributed by atoms with van der Waals surface area (Å²) < 4.78 is 0. The molecular formula is C15H17N3O2. The van der Waals surface area contributed by atoms with Crippen molar-refractivity contribution in [3.8, 4) is 6.07 Å². The van der Waals surface area contributed by atoms with E-state index >= 15 is 0 Å². The fourth-order valence-corrected chi connectivity index (χ4v) is 2.24. The SMILES string of the molecule is CCCN1CC(Nc2c(C#N)cccc2CO)=CC1=O. The van der Waals surface area contributed by atoms with E-state index in [2.05, 4.69) is 11.4 Å². The van der Waals surface area contributed by atoms with Gasteiger partial charge in [0.1, 0.15) is 6.07 Å². The second-order valence-electron chi connectivity index (χ2n) is 4.66. The molecule has 1 aliphatic heterocycles. The summed E-state index contributed by atoms with van der Waals surface area (Å²) in [5.74, 6) is -0.0191. The lowest BCUT2D eigenvalue weighted by molar-refractivity contribution is -0.124. The number of para-hydroxylation sites is 1. The van der Waals surface area contributed by atoms with Crippen LogP contribution in [-0.2, 0) is 11.4 Å². The molecule has 2 N–H and O–H groups in total. The fraction of sp³-hybridized carbons (Fsp3) is 0.333. The third kappa shape index (κ3) is 2.81. The number of carbonyl (C=O) groups excluding carboxylic acids is 1. The largest absolute Gasteiger partial charge is 0.392 e. The van der Waals surface area contributed by atoms with E-state index in [1.807, 2.05) is 6.92 Å². The lowest BCUT2D eigenvalue weighted by Crippen LogP contribution is -2.27. The quantitative estimate of drug-likeness (QED) is 0.852. The van der Waals surface area contributed by atoms with Crippen LogP contribution in [0.25, 0.3) is 0 Å². The van der Waals surface area contributed by atoms with Gasteiger partial charge in [-0.1, -0.05) is 19.1 Å². The summed E-state index contributed by atoms with van der Waals surface area (Å²) >= 11 is 0. The smallest absolute Gasteiger partial charge is 0.248 e. The summed E-state index contributed by atoms with van der Waals surface area (Å²) in [6.45, 7) is 3.09. The van der Waals surface area contributed by atoms with Gasteiger partial charge in [0.2, 0.25) is 5.91 Å². The molecule has 1 heterocycles. The van der Waals surface area contributed by atoms with Gasteiger partial charge in [0.25, 0.3) is 0 Å². The number of hydrogen-bond acceptors (Lipinski definition) is 4.